The van der Waals surface area contributed by atoms with Crippen LogP contribution in [-0.4, -0.2) is 47.4 Å². The molecule has 3 aromatic rings. The highest BCUT2D eigenvalue weighted by molar-refractivity contribution is 7.17. The third kappa shape index (κ3) is 5.51. The molecule has 38 heavy (non-hydrogen) atoms. The summed E-state index contributed by atoms with van der Waals surface area (Å²) < 4.78 is 0. The van der Waals surface area contributed by atoms with E-state index in [9.17, 15) is 19.5 Å². The molecule has 7 nitrogen and oxygen atoms in total. The number of anilines is 1. The normalized spacial score (nSPS) is 16.8. The minimum Gasteiger partial charge on any atom is -0.481 e. The molecular formula is C30H33N3O4S. The molecule has 2 aliphatic rings. The van der Waals surface area contributed by atoms with E-state index in [0.717, 1.165) is 42.4 Å². The molecule has 1 aliphatic carbocycles. The molecule has 0 radical (unpaired) electrons. The number of nitrogens with zero attached hydrogens (tertiary/aromatic N) is 1. The quantitative estimate of drug-likeness (QED) is 0.394. The van der Waals surface area contributed by atoms with Gasteiger partial charge < -0.3 is 15.7 Å². The molecule has 2 amide bonds. The monoisotopic (exact) mass is 531 g/mol. The molecule has 8 heteroatoms. The maximum Gasteiger partial charge on any atom is 0.314 e. The van der Waals surface area contributed by atoms with Gasteiger partial charge in [-0.1, -0.05) is 60.7 Å². The molecule has 0 spiro atoms. The van der Waals surface area contributed by atoms with Crippen LogP contribution >= 0.6 is 11.3 Å². The number of hydrogen-bond acceptors (Lipinski definition) is 5. The number of carboxylic acid groups (broad SMARTS) is 1. The SMILES string of the molecule is O=C(CN1CCC(C(=O)O)(c2ccccc2)CC1)Nc1sc2c(c1C(=O)NCc1ccccc1)CCCC2. The highest BCUT2D eigenvalue weighted by Gasteiger charge is 2.43. The van der Waals surface area contributed by atoms with Gasteiger partial charge >= 0.3 is 5.97 Å². The molecule has 0 atom stereocenters. The van der Waals surface area contributed by atoms with Crippen LogP contribution in [0, 0.1) is 0 Å². The van der Waals surface area contributed by atoms with Crippen molar-refractivity contribution in [2.24, 2.45) is 0 Å². The van der Waals surface area contributed by atoms with E-state index in [1.807, 2.05) is 65.6 Å². The zero-order chi connectivity index (χ0) is 26.5. The fourth-order valence-electron chi connectivity index (χ4n) is 5.61. The number of piperidine rings is 1. The Kier molecular flexibility index (Phi) is 7.90. The molecule has 1 aromatic heterocycles. The van der Waals surface area contributed by atoms with Crippen molar-refractivity contribution in [2.45, 2.75) is 50.5 Å². The fraction of sp³-hybridized carbons (Fsp3) is 0.367. The zero-order valence-electron chi connectivity index (χ0n) is 21.4. The Morgan fingerprint density at radius 1 is 0.921 bits per heavy atom. The number of rotatable bonds is 8. The number of amides is 2. The van der Waals surface area contributed by atoms with Crippen molar-refractivity contribution in [2.75, 3.05) is 25.0 Å². The lowest BCUT2D eigenvalue weighted by atomic mass is 9.73. The van der Waals surface area contributed by atoms with Crippen LogP contribution in [0.4, 0.5) is 5.00 Å². The second kappa shape index (κ2) is 11.5. The predicted molar refractivity (Wildman–Crippen MR) is 149 cm³/mol. The van der Waals surface area contributed by atoms with Gasteiger partial charge in [-0.15, -0.1) is 11.3 Å². The second-order valence-electron chi connectivity index (χ2n) is 10.2. The van der Waals surface area contributed by atoms with Gasteiger partial charge in [0.2, 0.25) is 5.91 Å². The van der Waals surface area contributed by atoms with Crippen molar-refractivity contribution < 1.29 is 19.5 Å². The van der Waals surface area contributed by atoms with Gasteiger partial charge in [0.25, 0.3) is 5.91 Å². The van der Waals surface area contributed by atoms with Crippen LogP contribution in [0.25, 0.3) is 0 Å². The maximum absolute atomic E-state index is 13.3. The number of aliphatic carboxylic acids is 1. The molecule has 3 N–H and O–H groups in total. The molecule has 198 valence electrons. The third-order valence-electron chi connectivity index (χ3n) is 7.76. The molecule has 0 unspecified atom stereocenters. The van der Waals surface area contributed by atoms with Crippen molar-refractivity contribution >= 4 is 34.1 Å². The number of carbonyl (C=O) groups is 3. The van der Waals surface area contributed by atoms with Gasteiger partial charge in [0.15, 0.2) is 0 Å². The Morgan fingerprint density at radius 2 is 1.58 bits per heavy atom. The molecular weight excluding hydrogens is 498 g/mol. The van der Waals surface area contributed by atoms with Crippen LogP contribution in [0.1, 0.15) is 57.6 Å². The van der Waals surface area contributed by atoms with Gasteiger partial charge in [0.1, 0.15) is 5.00 Å². The van der Waals surface area contributed by atoms with E-state index >= 15 is 0 Å². The van der Waals surface area contributed by atoms with E-state index in [1.165, 1.54) is 16.2 Å². The first-order valence-electron chi connectivity index (χ1n) is 13.2. The van der Waals surface area contributed by atoms with Gasteiger partial charge in [-0.3, -0.25) is 19.3 Å². The van der Waals surface area contributed by atoms with Crippen LogP contribution < -0.4 is 10.6 Å². The number of aryl methyl sites for hydroxylation is 1. The number of hydrogen-bond donors (Lipinski definition) is 3. The van der Waals surface area contributed by atoms with Crippen LogP contribution in [0.2, 0.25) is 0 Å². The minimum absolute atomic E-state index is 0.157. The van der Waals surface area contributed by atoms with E-state index in [2.05, 4.69) is 10.6 Å². The Hall–Kier alpha value is -3.49. The number of benzene rings is 2. The van der Waals surface area contributed by atoms with Gasteiger partial charge in [-0.05, 0) is 55.2 Å². The van der Waals surface area contributed by atoms with E-state index in [-0.39, 0.29) is 18.4 Å². The minimum atomic E-state index is -0.926. The van der Waals surface area contributed by atoms with Crippen LogP contribution in [-0.2, 0) is 34.4 Å². The van der Waals surface area contributed by atoms with Gasteiger partial charge in [0, 0.05) is 24.5 Å². The van der Waals surface area contributed by atoms with Crippen LogP contribution in [0.5, 0.6) is 0 Å². The van der Waals surface area contributed by atoms with Gasteiger partial charge in [-0.25, -0.2) is 0 Å². The Morgan fingerprint density at radius 3 is 2.26 bits per heavy atom. The zero-order valence-corrected chi connectivity index (χ0v) is 22.2. The lowest BCUT2D eigenvalue weighted by Gasteiger charge is -2.39. The lowest BCUT2D eigenvalue weighted by Crippen LogP contribution is -2.49. The molecule has 0 bridgehead atoms. The average Bonchev–Trinajstić information content (AvgIpc) is 3.31. The van der Waals surface area contributed by atoms with E-state index in [1.54, 1.807) is 0 Å². The first-order valence-corrected chi connectivity index (χ1v) is 14.1. The number of fused-ring (bicyclic) bond motifs is 1. The summed E-state index contributed by atoms with van der Waals surface area (Å²) in [5, 5.41) is 16.7. The highest BCUT2D eigenvalue weighted by Crippen LogP contribution is 2.39. The van der Waals surface area contributed by atoms with Crippen molar-refractivity contribution in [3.05, 3.63) is 87.8 Å². The molecule has 5 rings (SSSR count). The highest BCUT2D eigenvalue weighted by atomic mass is 32.1. The Bertz CT molecular complexity index is 1300. The van der Waals surface area contributed by atoms with Gasteiger partial charge in [0.05, 0.1) is 17.5 Å². The van der Waals surface area contributed by atoms with Gasteiger partial charge in [-0.2, -0.15) is 0 Å². The van der Waals surface area contributed by atoms with E-state index in [4.69, 9.17) is 0 Å². The molecule has 1 fully saturated rings. The number of carbonyl (C=O) groups excluding carboxylic acids is 2. The number of carboxylic acids is 1. The number of thiophene rings is 1. The molecule has 0 saturated carbocycles. The standard InChI is InChI=1S/C30H33N3O4S/c34-25(20-33-17-15-30(16-18-33,29(36)37)22-11-5-2-6-12-22)32-28-26(23-13-7-8-14-24(23)38-28)27(35)31-19-21-9-3-1-4-10-21/h1-6,9-12H,7-8,13-20H2,(H,31,35)(H,32,34)(H,36,37). The smallest absolute Gasteiger partial charge is 0.314 e. The third-order valence-corrected chi connectivity index (χ3v) is 8.97. The van der Waals surface area contributed by atoms with Crippen molar-refractivity contribution in [3.8, 4) is 0 Å². The van der Waals surface area contributed by atoms with Crippen molar-refractivity contribution in [1.82, 2.24) is 10.2 Å². The average molecular weight is 532 g/mol. The topological polar surface area (TPSA) is 98.7 Å². The van der Waals surface area contributed by atoms with Crippen LogP contribution in [0.3, 0.4) is 0 Å². The first-order chi connectivity index (χ1) is 18.5. The summed E-state index contributed by atoms with van der Waals surface area (Å²) in [6.07, 6.45) is 4.79. The lowest BCUT2D eigenvalue weighted by molar-refractivity contribution is -0.146. The van der Waals surface area contributed by atoms with Crippen molar-refractivity contribution in [1.29, 1.82) is 0 Å². The number of likely N-dealkylation sites (tertiary alicyclic amines) is 1. The van der Waals surface area contributed by atoms with Crippen LogP contribution in [0.15, 0.2) is 60.7 Å². The van der Waals surface area contributed by atoms with Crippen molar-refractivity contribution in [3.63, 3.8) is 0 Å². The molecule has 2 aromatic carbocycles. The summed E-state index contributed by atoms with van der Waals surface area (Å²) in [6, 6.07) is 19.2. The second-order valence-corrected chi connectivity index (χ2v) is 11.3. The maximum atomic E-state index is 13.3. The van der Waals surface area contributed by atoms with E-state index < -0.39 is 11.4 Å². The molecule has 1 aliphatic heterocycles. The fourth-order valence-corrected chi connectivity index (χ4v) is 6.91. The Balaban J connectivity index is 1.25. The summed E-state index contributed by atoms with van der Waals surface area (Å²) in [6.45, 7) is 1.62. The summed E-state index contributed by atoms with van der Waals surface area (Å²) >= 11 is 1.51. The first kappa shape index (κ1) is 26.1. The Labute approximate surface area is 226 Å². The summed E-state index contributed by atoms with van der Waals surface area (Å²) in [5.41, 5.74) is 2.57. The predicted octanol–water partition coefficient (Wildman–Crippen LogP) is 4.61. The summed E-state index contributed by atoms with van der Waals surface area (Å²) in [4.78, 5) is 41.9. The van der Waals surface area contributed by atoms with E-state index in [0.29, 0.717) is 43.0 Å². The largest absolute Gasteiger partial charge is 0.481 e. The summed E-state index contributed by atoms with van der Waals surface area (Å²) in [5.74, 6) is -1.15. The molecule has 2 heterocycles. The number of nitrogens with one attached hydrogen (secondary N) is 2. The molecule has 1 saturated heterocycles. The summed E-state index contributed by atoms with van der Waals surface area (Å²) in [7, 11) is 0.